The minimum atomic E-state index is -3.63. The molecular weight excluding hydrogens is 349 g/mol. The summed E-state index contributed by atoms with van der Waals surface area (Å²) in [4.78, 5) is 3.04. The van der Waals surface area contributed by atoms with Crippen molar-refractivity contribution < 1.29 is 12.8 Å². The molecule has 0 saturated carbocycles. The Morgan fingerprint density at radius 3 is 2.33 bits per heavy atom. The molecule has 1 unspecified atom stereocenters. The molecule has 0 spiro atoms. The molecule has 0 radical (unpaired) electrons. The van der Waals surface area contributed by atoms with E-state index in [4.69, 9.17) is 0 Å². The van der Waals surface area contributed by atoms with E-state index in [0.717, 1.165) is 17.0 Å². The predicted octanol–water partition coefficient (Wildman–Crippen LogP) is 2.46. The van der Waals surface area contributed by atoms with Crippen molar-refractivity contribution in [1.82, 2.24) is 9.21 Å². The van der Waals surface area contributed by atoms with Gasteiger partial charge >= 0.3 is 0 Å². The smallest absolute Gasteiger partial charge is 0.243 e. The van der Waals surface area contributed by atoms with Crippen LogP contribution >= 0.6 is 11.3 Å². The molecule has 8 heteroatoms. The fourth-order valence-electron chi connectivity index (χ4n) is 2.73. The summed E-state index contributed by atoms with van der Waals surface area (Å²) in [6.45, 7) is 1.58. The first-order chi connectivity index (χ1) is 11.5. The standard InChI is InChI=1S/C16H16FN3O2S2/c17-13-3-5-14(6-4-13)24(21,22)20-9-7-19(8-10-20)15(12-18)16-2-1-11-23-16/h1-6,11,15H,7-10H2. The summed E-state index contributed by atoms with van der Waals surface area (Å²) in [5, 5.41) is 11.4. The fourth-order valence-corrected chi connectivity index (χ4v) is 4.95. The Labute approximate surface area is 144 Å². The molecule has 2 aromatic rings. The summed E-state index contributed by atoms with van der Waals surface area (Å²) >= 11 is 1.52. The average molecular weight is 365 g/mol. The highest BCUT2D eigenvalue weighted by molar-refractivity contribution is 7.89. The second-order valence-electron chi connectivity index (χ2n) is 5.44. The Morgan fingerprint density at radius 1 is 1.12 bits per heavy atom. The molecule has 0 amide bonds. The third-order valence-corrected chi connectivity index (χ3v) is 6.86. The van der Waals surface area contributed by atoms with Crippen molar-refractivity contribution in [3.63, 3.8) is 0 Å². The lowest BCUT2D eigenvalue weighted by Gasteiger charge is -2.35. The van der Waals surface area contributed by atoms with Crippen LogP contribution in [0.4, 0.5) is 4.39 Å². The van der Waals surface area contributed by atoms with Gasteiger partial charge < -0.3 is 0 Å². The Hall–Kier alpha value is -1.79. The summed E-state index contributed by atoms with van der Waals surface area (Å²) in [6.07, 6.45) is 0. The number of halogens is 1. The van der Waals surface area contributed by atoms with Crippen LogP contribution in [0.3, 0.4) is 0 Å². The molecule has 1 aromatic heterocycles. The van der Waals surface area contributed by atoms with Crippen LogP contribution in [0.2, 0.25) is 0 Å². The van der Waals surface area contributed by atoms with E-state index in [1.54, 1.807) is 0 Å². The Morgan fingerprint density at radius 2 is 1.79 bits per heavy atom. The molecule has 2 heterocycles. The Kier molecular flexibility index (Phi) is 4.96. The van der Waals surface area contributed by atoms with Gasteiger partial charge in [0.2, 0.25) is 10.0 Å². The van der Waals surface area contributed by atoms with E-state index >= 15 is 0 Å². The molecule has 1 aliphatic heterocycles. The minimum Gasteiger partial charge on any atom is -0.281 e. The van der Waals surface area contributed by atoms with Crippen LogP contribution in [-0.4, -0.2) is 43.8 Å². The molecule has 5 nitrogen and oxygen atoms in total. The molecule has 24 heavy (non-hydrogen) atoms. The van der Waals surface area contributed by atoms with Gasteiger partial charge in [-0.3, -0.25) is 4.90 Å². The van der Waals surface area contributed by atoms with Crippen molar-refractivity contribution in [2.75, 3.05) is 26.2 Å². The van der Waals surface area contributed by atoms with Crippen molar-refractivity contribution in [2.24, 2.45) is 0 Å². The van der Waals surface area contributed by atoms with Crippen LogP contribution in [-0.2, 0) is 10.0 Å². The van der Waals surface area contributed by atoms with Gasteiger partial charge in [0.05, 0.1) is 11.0 Å². The van der Waals surface area contributed by atoms with Crippen LogP contribution in [0.1, 0.15) is 10.9 Å². The molecule has 0 N–H and O–H groups in total. The maximum atomic E-state index is 13.0. The lowest BCUT2D eigenvalue weighted by atomic mass is 10.2. The predicted molar refractivity (Wildman–Crippen MR) is 89.4 cm³/mol. The highest BCUT2D eigenvalue weighted by Crippen LogP contribution is 2.27. The molecule has 1 fully saturated rings. The maximum absolute atomic E-state index is 13.0. The van der Waals surface area contributed by atoms with Crippen molar-refractivity contribution in [2.45, 2.75) is 10.9 Å². The van der Waals surface area contributed by atoms with Crippen molar-refractivity contribution >= 4 is 21.4 Å². The SMILES string of the molecule is N#CC(c1cccs1)N1CCN(S(=O)(=O)c2ccc(F)cc2)CC1. The Balaban J connectivity index is 1.70. The van der Waals surface area contributed by atoms with Crippen molar-refractivity contribution in [1.29, 1.82) is 5.26 Å². The molecule has 3 rings (SSSR count). The lowest BCUT2D eigenvalue weighted by Crippen LogP contribution is -2.49. The van der Waals surface area contributed by atoms with E-state index in [2.05, 4.69) is 6.07 Å². The summed E-state index contributed by atoms with van der Waals surface area (Å²) in [5.74, 6) is -0.466. The first-order valence-electron chi connectivity index (χ1n) is 7.45. The van der Waals surface area contributed by atoms with Crippen LogP contribution < -0.4 is 0 Å². The van der Waals surface area contributed by atoms with Gasteiger partial charge in [-0.15, -0.1) is 11.3 Å². The quantitative estimate of drug-likeness (QED) is 0.835. The van der Waals surface area contributed by atoms with E-state index in [-0.39, 0.29) is 10.9 Å². The number of nitriles is 1. The fraction of sp³-hybridized carbons (Fsp3) is 0.312. The zero-order valence-corrected chi connectivity index (χ0v) is 14.4. The van der Waals surface area contributed by atoms with Gasteiger partial charge in [0.15, 0.2) is 0 Å². The van der Waals surface area contributed by atoms with Gasteiger partial charge in [-0.05, 0) is 35.7 Å². The number of nitrogens with zero attached hydrogens (tertiary/aromatic N) is 3. The normalized spacial score (nSPS) is 18.2. The molecule has 0 aliphatic carbocycles. The zero-order chi connectivity index (χ0) is 17.2. The van der Waals surface area contributed by atoms with Crippen LogP contribution in [0.5, 0.6) is 0 Å². The molecule has 1 aromatic carbocycles. The van der Waals surface area contributed by atoms with Crippen LogP contribution in [0.25, 0.3) is 0 Å². The largest absolute Gasteiger partial charge is 0.281 e. The number of sulfonamides is 1. The molecule has 1 saturated heterocycles. The number of hydrogen-bond acceptors (Lipinski definition) is 5. The third kappa shape index (κ3) is 3.35. The van der Waals surface area contributed by atoms with Crippen molar-refractivity contribution in [3.05, 3.63) is 52.5 Å². The number of benzene rings is 1. The van der Waals surface area contributed by atoms with Gasteiger partial charge in [-0.1, -0.05) is 6.07 Å². The first-order valence-corrected chi connectivity index (χ1v) is 9.77. The van der Waals surface area contributed by atoms with Crippen LogP contribution in [0.15, 0.2) is 46.7 Å². The number of piperazine rings is 1. The van der Waals surface area contributed by atoms with Gasteiger partial charge in [0, 0.05) is 31.1 Å². The molecule has 126 valence electrons. The Bertz CT molecular complexity index is 821. The summed E-state index contributed by atoms with van der Waals surface area (Å²) in [5.41, 5.74) is 0. The highest BCUT2D eigenvalue weighted by Gasteiger charge is 2.31. The summed E-state index contributed by atoms with van der Waals surface area (Å²) in [7, 11) is -3.63. The van der Waals surface area contributed by atoms with E-state index in [1.807, 2.05) is 22.4 Å². The molecule has 1 atom stereocenters. The minimum absolute atomic E-state index is 0.0902. The van der Waals surface area contributed by atoms with Gasteiger partial charge in [0.1, 0.15) is 11.9 Å². The van der Waals surface area contributed by atoms with Crippen molar-refractivity contribution in [3.8, 4) is 6.07 Å². The molecule has 0 bridgehead atoms. The van der Waals surface area contributed by atoms with E-state index < -0.39 is 15.8 Å². The number of rotatable bonds is 4. The monoisotopic (exact) mass is 365 g/mol. The molecule has 1 aliphatic rings. The van der Waals surface area contributed by atoms with Crippen LogP contribution in [0, 0.1) is 17.1 Å². The highest BCUT2D eigenvalue weighted by atomic mass is 32.2. The maximum Gasteiger partial charge on any atom is 0.243 e. The summed E-state index contributed by atoms with van der Waals surface area (Å²) in [6, 6.07) is 10.6. The lowest BCUT2D eigenvalue weighted by molar-refractivity contribution is 0.164. The topological polar surface area (TPSA) is 64.4 Å². The number of hydrogen-bond donors (Lipinski definition) is 0. The number of thiophene rings is 1. The third-order valence-electron chi connectivity index (χ3n) is 4.02. The summed E-state index contributed by atoms with van der Waals surface area (Å²) < 4.78 is 39.6. The van der Waals surface area contributed by atoms with Gasteiger partial charge in [-0.25, -0.2) is 12.8 Å². The average Bonchev–Trinajstić information content (AvgIpc) is 3.11. The first kappa shape index (κ1) is 17.0. The van der Waals surface area contributed by atoms with Gasteiger partial charge in [0.25, 0.3) is 0 Å². The van der Waals surface area contributed by atoms with E-state index in [1.165, 1.54) is 27.8 Å². The van der Waals surface area contributed by atoms with E-state index in [0.29, 0.717) is 26.2 Å². The van der Waals surface area contributed by atoms with E-state index in [9.17, 15) is 18.1 Å². The second kappa shape index (κ2) is 6.99. The second-order valence-corrected chi connectivity index (χ2v) is 8.36. The zero-order valence-electron chi connectivity index (χ0n) is 12.8. The van der Waals surface area contributed by atoms with Gasteiger partial charge in [-0.2, -0.15) is 9.57 Å². The molecular formula is C16H16FN3O2S2.